The summed E-state index contributed by atoms with van der Waals surface area (Å²) in [5, 5.41) is 12.4. The summed E-state index contributed by atoms with van der Waals surface area (Å²) in [6.45, 7) is 4.14. The number of fused-ring (bicyclic) bond motifs is 1. The van der Waals surface area contributed by atoms with E-state index in [0.29, 0.717) is 86.4 Å². The van der Waals surface area contributed by atoms with Crippen molar-refractivity contribution in [3.8, 4) is 0 Å². The van der Waals surface area contributed by atoms with Crippen LogP contribution in [0.5, 0.6) is 0 Å². The number of nitrogens with zero attached hydrogens (tertiary/aromatic N) is 4. The maximum atomic E-state index is 14.3. The minimum absolute atomic E-state index is 0.0108. The van der Waals surface area contributed by atoms with Crippen molar-refractivity contribution < 1.29 is 54.4 Å². The molecule has 4 aromatic carbocycles. The quantitative estimate of drug-likeness (QED) is 0.0237. The van der Waals surface area contributed by atoms with Crippen molar-refractivity contribution in [3.05, 3.63) is 167 Å². The van der Waals surface area contributed by atoms with Gasteiger partial charge in [0.05, 0.1) is 34.0 Å². The third-order valence-electron chi connectivity index (χ3n) is 15.8. The third kappa shape index (κ3) is 16.0. The van der Waals surface area contributed by atoms with Crippen molar-refractivity contribution in [1.82, 2.24) is 50.5 Å². The van der Waals surface area contributed by atoms with Crippen LogP contribution in [0, 0.1) is 11.6 Å². The molecule has 20 nitrogen and oxygen atoms in total. The second-order valence-electron chi connectivity index (χ2n) is 21.7. The smallest absolute Gasteiger partial charge is 0.245 e. The van der Waals surface area contributed by atoms with Crippen molar-refractivity contribution in [3.63, 3.8) is 0 Å². The highest BCUT2D eigenvalue weighted by molar-refractivity contribution is 7.89. The molecule has 0 radical (unpaired) electrons. The summed E-state index contributed by atoms with van der Waals surface area (Å²) in [5.41, 5.74) is 2.42. The zero-order valence-corrected chi connectivity index (χ0v) is 50.0. The van der Waals surface area contributed by atoms with E-state index in [9.17, 15) is 54.4 Å². The number of rotatable bonds is 28. The van der Waals surface area contributed by atoms with E-state index < -0.39 is 79.7 Å². The molecule has 2 saturated heterocycles. The molecule has 2 fully saturated rings. The summed E-state index contributed by atoms with van der Waals surface area (Å²) >= 11 is 0. The van der Waals surface area contributed by atoms with Crippen LogP contribution in [0.3, 0.4) is 0 Å². The molecule has 6 aromatic rings. The van der Waals surface area contributed by atoms with Gasteiger partial charge in [0, 0.05) is 73.2 Å². The summed E-state index contributed by atoms with van der Waals surface area (Å²) in [6.07, 6.45) is 10.3. The van der Waals surface area contributed by atoms with Crippen molar-refractivity contribution in [2.45, 2.75) is 124 Å². The van der Waals surface area contributed by atoms with Gasteiger partial charge in [0.15, 0.2) is 11.6 Å². The zero-order chi connectivity index (χ0) is 61.7. The van der Waals surface area contributed by atoms with Crippen LogP contribution in [0.4, 0.5) is 8.78 Å². The number of benzene rings is 4. The molecule has 6 unspecified atom stereocenters. The summed E-state index contributed by atoms with van der Waals surface area (Å²) in [6, 6.07) is 18.4. The van der Waals surface area contributed by atoms with E-state index in [-0.39, 0.29) is 81.4 Å². The number of likely N-dealkylation sites (tertiary alicyclic amines) is 2. The Hall–Kier alpha value is -7.74. The van der Waals surface area contributed by atoms with Gasteiger partial charge in [0.25, 0.3) is 0 Å². The number of unbranched alkanes of at least 4 members (excludes halogenated alkanes) is 2. The number of likely N-dealkylation sites (N-methyl/N-ethyl adjacent to an activating group) is 2. The molecule has 24 heteroatoms. The number of sulfonamides is 2. The Kier molecular flexibility index (Phi) is 21.7. The summed E-state index contributed by atoms with van der Waals surface area (Å²) in [4.78, 5) is 93.3. The fourth-order valence-corrected chi connectivity index (χ4v) is 12.9. The van der Waals surface area contributed by atoms with Gasteiger partial charge in [-0.25, -0.2) is 35.1 Å². The van der Waals surface area contributed by atoms with Gasteiger partial charge in [0.2, 0.25) is 43.7 Å². The van der Waals surface area contributed by atoms with Gasteiger partial charge in [0.1, 0.15) is 23.7 Å². The Morgan fingerprint density at radius 3 is 1.28 bits per heavy atom. The number of nitrogens with one attached hydrogen (secondary N) is 6. The normalized spacial score (nSPS) is 16.8. The average Bonchev–Trinajstić information content (AvgIpc) is 2.11. The number of hydrogen-bond donors (Lipinski definition) is 6. The molecular formula is C62H72F2N10O10S2. The van der Waals surface area contributed by atoms with Crippen LogP contribution in [0.1, 0.15) is 133 Å². The summed E-state index contributed by atoms with van der Waals surface area (Å²) < 4.78 is 86.7. The van der Waals surface area contributed by atoms with Gasteiger partial charge in [-0.3, -0.25) is 38.7 Å². The molecule has 6 atom stereocenters. The van der Waals surface area contributed by atoms with Gasteiger partial charge < -0.3 is 31.1 Å². The van der Waals surface area contributed by atoms with Gasteiger partial charge in [-0.1, -0.05) is 12.1 Å². The Balaban J connectivity index is 0.836. The molecule has 86 heavy (non-hydrogen) atoms. The van der Waals surface area contributed by atoms with Crippen molar-refractivity contribution >= 4 is 66.0 Å². The molecule has 0 bridgehead atoms. The predicted octanol–water partition coefficient (Wildman–Crippen LogP) is 6.18. The van der Waals surface area contributed by atoms with E-state index in [2.05, 4.69) is 40.7 Å². The van der Waals surface area contributed by atoms with Crippen molar-refractivity contribution in [2.24, 2.45) is 0 Å². The second kappa shape index (κ2) is 29.1. The molecule has 0 aliphatic carbocycles. The standard InChI is InChI=1S/C62H72F2N10O10S2/c1-39(65-3)59(77)71-53(61(79)73-29-9-13-55(73)45-31-47(37-67-35-45)57(75)41-15-21-49(63)22-16-41)11-5-7-27-69-85(81,82)51-25-19-44-34-52(26-20-43(44)33-51)86(83,84)70-28-8-6-12-54(72-60(78)40(2)66-4)62(80)74-30-10-14-56(74)46-32-48(38-68-36-46)58(76)42-17-23-50(64)24-18-42/h15-26,31-40,53-56,65-66,69-70H,5-14,27-30H2,1-4H3,(H,71,77)(H,72,78). The summed E-state index contributed by atoms with van der Waals surface area (Å²) in [5.74, 6) is -3.07. The molecule has 2 aromatic heterocycles. The van der Waals surface area contributed by atoms with Crippen LogP contribution in [0.15, 0.2) is 132 Å². The fourth-order valence-electron chi connectivity index (χ4n) is 10.7. The van der Waals surface area contributed by atoms with Crippen LogP contribution in [0.2, 0.25) is 0 Å². The minimum atomic E-state index is -4.05. The number of aromatic nitrogens is 2. The third-order valence-corrected chi connectivity index (χ3v) is 18.7. The lowest BCUT2D eigenvalue weighted by Crippen LogP contribution is -2.52. The molecule has 4 heterocycles. The Morgan fingerprint density at radius 2 is 0.907 bits per heavy atom. The first-order valence-corrected chi connectivity index (χ1v) is 31.7. The number of carbonyl (C=O) groups excluding carboxylic acids is 6. The number of carbonyl (C=O) groups is 6. The molecule has 6 N–H and O–H groups in total. The van der Waals surface area contributed by atoms with E-state index in [0.717, 1.165) is 0 Å². The molecule has 2 aliphatic heterocycles. The molecule has 456 valence electrons. The Labute approximate surface area is 499 Å². The lowest BCUT2D eigenvalue weighted by atomic mass is 9.99. The lowest BCUT2D eigenvalue weighted by molar-refractivity contribution is -0.138. The van der Waals surface area contributed by atoms with Crippen LogP contribution in [-0.4, -0.2) is 136 Å². The van der Waals surface area contributed by atoms with Gasteiger partial charge in [-0.2, -0.15) is 0 Å². The van der Waals surface area contributed by atoms with E-state index in [1.165, 1.54) is 97.3 Å². The summed E-state index contributed by atoms with van der Waals surface area (Å²) in [7, 11) is -4.86. The van der Waals surface area contributed by atoms with E-state index >= 15 is 0 Å². The molecular weight excluding hydrogens is 1150 g/mol. The number of halogens is 2. The highest BCUT2D eigenvalue weighted by atomic mass is 32.2. The maximum absolute atomic E-state index is 14.3. The highest BCUT2D eigenvalue weighted by Crippen LogP contribution is 2.35. The molecule has 0 saturated carbocycles. The average molecular weight is 1220 g/mol. The molecule has 2 aliphatic rings. The van der Waals surface area contributed by atoms with Crippen LogP contribution >= 0.6 is 0 Å². The second-order valence-corrected chi connectivity index (χ2v) is 25.2. The largest absolute Gasteiger partial charge is 0.343 e. The first-order valence-electron chi connectivity index (χ1n) is 28.8. The minimum Gasteiger partial charge on any atom is -0.343 e. The molecule has 8 rings (SSSR count). The number of amides is 4. The van der Waals surface area contributed by atoms with Gasteiger partial charge in [-0.05, 0) is 199 Å². The maximum Gasteiger partial charge on any atom is 0.245 e. The first kappa shape index (κ1) is 64.3. The first-order chi connectivity index (χ1) is 41.2. The van der Waals surface area contributed by atoms with Crippen LogP contribution < -0.4 is 30.7 Å². The molecule has 4 amide bonds. The fraction of sp³-hybridized carbons (Fsp3) is 0.387. The van der Waals surface area contributed by atoms with Crippen molar-refractivity contribution in [2.75, 3.05) is 40.3 Å². The van der Waals surface area contributed by atoms with Crippen molar-refractivity contribution in [1.29, 1.82) is 0 Å². The van der Waals surface area contributed by atoms with Crippen LogP contribution in [0.25, 0.3) is 10.8 Å². The Bertz CT molecular complexity index is 3430. The monoisotopic (exact) mass is 1220 g/mol. The van der Waals surface area contributed by atoms with E-state index in [1.54, 1.807) is 62.3 Å². The number of pyridine rings is 2. The highest BCUT2D eigenvalue weighted by Gasteiger charge is 2.37. The number of ketones is 2. The number of hydrogen-bond acceptors (Lipinski definition) is 14. The van der Waals surface area contributed by atoms with Gasteiger partial charge >= 0.3 is 0 Å². The lowest BCUT2D eigenvalue weighted by Gasteiger charge is -2.30. The van der Waals surface area contributed by atoms with E-state index in [4.69, 9.17) is 0 Å². The van der Waals surface area contributed by atoms with Gasteiger partial charge in [-0.15, -0.1) is 0 Å². The van der Waals surface area contributed by atoms with Crippen LogP contribution in [-0.2, 0) is 39.2 Å². The Morgan fingerprint density at radius 1 is 0.523 bits per heavy atom. The zero-order valence-electron chi connectivity index (χ0n) is 48.4. The topological polar surface area (TPSA) is 275 Å². The SMILES string of the molecule is CNC(C)C(=O)NC(CCCCNS(=O)(=O)c1ccc2cc(S(=O)(=O)NCCCCC(NC(=O)C(C)NC)C(=O)N3CCCC3c3cncc(C(=O)c4ccc(F)cc4)c3)ccc2c1)C(=O)N1CCCC1c1cncc(C(=O)c2ccc(F)cc2)c1. The molecule has 0 spiro atoms. The predicted molar refractivity (Wildman–Crippen MR) is 318 cm³/mol. The van der Waals surface area contributed by atoms with E-state index in [1.807, 2.05) is 0 Å².